The van der Waals surface area contributed by atoms with E-state index in [1.807, 2.05) is 0 Å². The van der Waals surface area contributed by atoms with Gasteiger partial charge in [-0.15, -0.1) is 5.10 Å². The molecule has 0 fully saturated rings. The Morgan fingerprint density at radius 3 is 2.29 bits per heavy atom. The summed E-state index contributed by atoms with van der Waals surface area (Å²) in [7, 11) is 4.52. The molecule has 2 heterocycles. The summed E-state index contributed by atoms with van der Waals surface area (Å²) >= 11 is 0. The van der Waals surface area contributed by atoms with E-state index in [1.54, 1.807) is 24.3 Å². The molecule has 0 aliphatic carbocycles. The zero-order chi connectivity index (χ0) is 22.1. The van der Waals surface area contributed by atoms with E-state index in [0.29, 0.717) is 39.6 Å². The number of benzene rings is 2. The molecule has 0 radical (unpaired) electrons. The second kappa shape index (κ2) is 7.91. The van der Waals surface area contributed by atoms with E-state index < -0.39 is 5.92 Å². The van der Waals surface area contributed by atoms with Crippen LogP contribution in [-0.2, 0) is 0 Å². The summed E-state index contributed by atoms with van der Waals surface area (Å²) in [4.78, 5) is 0. The number of aromatic nitrogens is 2. The van der Waals surface area contributed by atoms with E-state index in [9.17, 15) is 9.65 Å². The van der Waals surface area contributed by atoms with Gasteiger partial charge in [0.25, 0.3) is 0 Å². The minimum absolute atomic E-state index is 0.0501. The number of ether oxygens (including phenoxy) is 4. The van der Waals surface area contributed by atoms with Crippen LogP contribution in [0.25, 0.3) is 11.3 Å². The van der Waals surface area contributed by atoms with Crippen molar-refractivity contribution in [2.75, 3.05) is 21.3 Å². The van der Waals surface area contributed by atoms with E-state index in [4.69, 9.17) is 24.7 Å². The fourth-order valence-corrected chi connectivity index (χ4v) is 3.68. The second-order valence-corrected chi connectivity index (χ2v) is 6.71. The lowest BCUT2D eigenvalue weighted by Crippen LogP contribution is -2.21. The zero-order valence-corrected chi connectivity index (χ0v) is 17.0. The summed E-state index contributed by atoms with van der Waals surface area (Å²) in [5.41, 5.74) is 8.74. The highest BCUT2D eigenvalue weighted by Gasteiger charge is 2.36. The Balaban J connectivity index is 1.97. The molecule has 4 rings (SSSR count). The molecule has 3 N–H and O–H groups in total. The highest BCUT2D eigenvalue weighted by Crippen LogP contribution is 2.49. The molecule has 0 amide bonds. The van der Waals surface area contributed by atoms with Crippen LogP contribution in [0.3, 0.4) is 0 Å². The first-order valence-electron chi connectivity index (χ1n) is 9.24. The van der Waals surface area contributed by atoms with Crippen LogP contribution < -0.4 is 24.7 Å². The normalized spacial score (nSPS) is 15.0. The minimum atomic E-state index is -0.638. The molecule has 0 spiro atoms. The van der Waals surface area contributed by atoms with Crippen LogP contribution >= 0.6 is 0 Å². The SMILES string of the molecule is COc1cc([C@H]2C(C#N)=C(N)Oc3n[nH]c(-c4ccc(F)cc4)c32)cc(OC)c1OC. The Kier molecular flexibility index (Phi) is 5.13. The van der Waals surface area contributed by atoms with Crippen LogP contribution in [-0.4, -0.2) is 31.5 Å². The average molecular weight is 422 g/mol. The van der Waals surface area contributed by atoms with Gasteiger partial charge in [0.1, 0.15) is 17.5 Å². The molecular weight excluding hydrogens is 403 g/mol. The molecule has 2 aromatic carbocycles. The van der Waals surface area contributed by atoms with E-state index >= 15 is 0 Å². The largest absolute Gasteiger partial charge is 0.493 e. The molecule has 158 valence electrons. The molecule has 0 saturated heterocycles. The van der Waals surface area contributed by atoms with Gasteiger partial charge < -0.3 is 24.7 Å². The van der Waals surface area contributed by atoms with Crippen molar-refractivity contribution in [2.45, 2.75) is 5.92 Å². The number of allylic oxidation sites excluding steroid dienone is 1. The molecule has 0 unspecified atom stereocenters. The highest BCUT2D eigenvalue weighted by atomic mass is 19.1. The number of hydrogen-bond acceptors (Lipinski definition) is 7. The number of rotatable bonds is 5. The number of nitrogens with zero attached hydrogens (tertiary/aromatic N) is 2. The Hall–Kier alpha value is -4.19. The molecule has 1 aromatic heterocycles. The van der Waals surface area contributed by atoms with Gasteiger partial charge in [-0.2, -0.15) is 5.26 Å². The Labute approximate surface area is 177 Å². The number of nitrogens with one attached hydrogen (secondary N) is 1. The zero-order valence-electron chi connectivity index (χ0n) is 17.0. The monoisotopic (exact) mass is 422 g/mol. The Morgan fingerprint density at radius 2 is 1.74 bits per heavy atom. The van der Waals surface area contributed by atoms with Crippen LogP contribution in [0.1, 0.15) is 17.0 Å². The summed E-state index contributed by atoms with van der Waals surface area (Å²) in [6, 6.07) is 11.5. The van der Waals surface area contributed by atoms with Gasteiger partial charge in [0.2, 0.25) is 17.5 Å². The van der Waals surface area contributed by atoms with Gasteiger partial charge in [-0.05, 0) is 42.0 Å². The highest BCUT2D eigenvalue weighted by molar-refractivity contribution is 5.71. The summed E-state index contributed by atoms with van der Waals surface area (Å²) in [6.45, 7) is 0. The first kappa shape index (κ1) is 20.1. The van der Waals surface area contributed by atoms with Gasteiger partial charge in [-0.3, -0.25) is 5.10 Å². The molecule has 1 atom stereocenters. The number of aromatic amines is 1. The van der Waals surface area contributed by atoms with Gasteiger partial charge in [-0.1, -0.05) is 0 Å². The van der Waals surface area contributed by atoms with E-state index in [2.05, 4.69) is 16.3 Å². The maximum Gasteiger partial charge on any atom is 0.244 e. The number of methoxy groups -OCH3 is 3. The standard InChI is InChI=1S/C22H19FN4O4/c1-28-15-8-12(9-16(29-2)20(15)30-3)17-14(10-24)21(25)31-22-18(17)19(26-27-22)11-4-6-13(23)7-5-11/h4-9,17H,25H2,1-3H3,(H,26,27)/t17-/m0/s1. The number of nitriles is 1. The Bertz CT molecular complexity index is 1190. The molecule has 8 nitrogen and oxygen atoms in total. The summed E-state index contributed by atoms with van der Waals surface area (Å²) < 4.78 is 35.4. The second-order valence-electron chi connectivity index (χ2n) is 6.71. The molecule has 1 aliphatic heterocycles. The third-order valence-corrected chi connectivity index (χ3v) is 5.09. The molecule has 0 bridgehead atoms. The molecule has 3 aromatic rings. The predicted molar refractivity (Wildman–Crippen MR) is 109 cm³/mol. The van der Waals surface area contributed by atoms with Gasteiger partial charge in [0.05, 0.1) is 38.5 Å². The van der Waals surface area contributed by atoms with Gasteiger partial charge in [0.15, 0.2) is 11.5 Å². The molecule has 9 heteroatoms. The van der Waals surface area contributed by atoms with Crippen molar-refractivity contribution in [3.05, 3.63) is 64.8 Å². The van der Waals surface area contributed by atoms with Crippen LogP contribution in [0.4, 0.5) is 4.39 Å². The quantitative estimate of drug-likeness (QED) is 0.647. The molecule has 31 heavy (non-hydrogen) atoms. The van der Waals surface area contributed by atoms with E-state index in [0.717, 1.165) is 0 Å². The molecule has 0 saturated carbocycles. The lowest BCUT2D eigenvalue weighted by atomic mass is 9.82. The number of fused-ring (bicyclic) bond motifs is 1. The third-order valence-electron chi connectivity index (χ3n) is 5.09. The van der Waals surface area contributed by atoms with Gasteiger partial charge in [-0.25, -0.2) is 4.39 Å². The van der Waals surface area contributed by atoms with Crippen molar-refractivity contribution in [1.29, 1.82) is 5.26 Å². The minimum Gasteiger partial charge on any atom is -0.493 e. The smallest absolute Gasteiger partial charge is 0.244 e. The Morgan fingerprint density at radius 1 is 1.10 bits per heavy atom. The van der Waals surface area contributed by atoms with Crippen molar-refractivity contribution in [2.24, 2.45) is 5.73 Å². The lowest BCUT2D eigenvalue weighted by Gasteiger charge is -2.25. The predicted octanol–water partition coefficient (Wildman–Crippen LogP) is 3.46. The van der Waals surface area contributed by atoms with Crippen molar-refractivity contribution in [3.63, 3.8) is 0 Å². The topological polar surface area (TPSA) is 115 Å². The van der Waals surface area contributed by atoms with Crippen molar-refractivity contribution in [1.82, 2.24) is 10.2 Å². The number of halogens is 1. The maximum absolute atomic E-state index is 13.5. The van der Waals surface area contributed by atoms with E-state index in [1.165, 1.54) is 33.5 Å². The summed E-state index contributed by atoms with van der Waals surface area (Å²) in [6.07, 6.45) is 0. The first-order valence-corrected chi connectivity index (χ1v) is 9.24. The van der Waals surface area contributed by atoms with Gasteiger partial charge >= 0.3 is 0 Å². The maximum atomic E-state index is 13.5. The average Bonchev–Trinajstić information content (AvgIpc) is 3.20. The van der Waals surface area contributed by atoms with Crippen LogP contribution in [0.5, 0.6) is 23.1 Å². The van der Waals surface area contributed by atoms with Crippen molar-refractivity contribution >= 4 is 0 Å². The van der Waals surface area contributed by atoms with E-state index in [-0.39, 0.29) is 23.2 Å². The molecular formula is C22H19FN4O4. The van der Waals surface area contributed by atoms with Crippen molar-refractivity contribution < 1.29 is 23.3 Å². The third kappa shape index (κ3) is 3.28. The summed E-state index contributed by atoms with van der Waals surface area (Å²) in [5.74, 6) is 0.445. The number of hydrogen-bond donors (Lipinski definition) is 2. The fraction of sp³-hybridized carbons (Fsp3) is 0.182. The number of nitrogens with two attached hydrogens (primary N) is 1. The lowest BCUT2D eigenvalue weighted by molar-refractivity contribution is 0.323. The molecule has 1 aliphatic rings. The van der Waals surface area contributed by atoms with Crippen LogP contribution in [0.15, 0.2) is 47.9 Å². The fourth-order valence-electron chi connectivity index (χ4n) is 3.68. The van der Waals surface area contributed by atoms with Gasteiger partial charge in [0, 0.05) is 5.56 Å². The van der Waals surface area contributed by atoms with Crippen LogP contribution in [0, 0.1) is 17.1 Å². The van der Waals surface area contributed by atoms with Crippen molar-refractivity contribution in [3.8, 4) is 40.5 Å². The summed E-state index contributed by atoms with van der Waals surface area (Å²) in [5, 5.41) is 17.0. The number of H-pyrrole nitrogens is 1. The first-order chi connectivity index (χ1) is 15.0. The van der Waals surface area contributed by atoms with Crippen LogP contribution in [0.2, 0.25) is 0 Å².